The molecule has 9 heteroatoms. The molecule has 0 radical (unpaired) electrons. The van der Waals surface area contributed by atoms with Gasteiger partial charge in [0, 0.05) is 6.42 Å². The van der Waals surface area contributed by atoms with Crippen LogP contribution in [0.2, 0.25) is 0 Å². The number of aliphatic hydroxyl groups excluding tert-OH is 5. The topological polar surface area (TPSA) is 149 Å². The van der Waals surface area contributed by atoms with Crippen molar-refractivity contribution in [1.82, 2.24) is 5.32 Å². The van der Waals surface area contributed by atoms with E-state index in [1.54, 1.807) is 6.08 Å². The number of carbonyl (C=O) groups is 1. The zero-order valence-electron chi connectivity index (χ0n) is 60.3. The van der Waals surface area contributed by atoms with Crippen LogP contribution >= 0.6 is 0 Å². The number of allylic oxidation sites excluding steroid dienone is 13. The van der Waals surface area contributed by atoms with Crippen LogP contribution in [0.1, 0.15) is 380 Å². The number of hydrogen-bond donors (Lipinski definition) is 6. The van der Waals surface area contributed by atoms with E-state index in [9.17, 15) is 30.3 Å². The molecule has 1 fully saturated rings. The van der Waals surface area contributed by atoms with Gasteiger partial charge in [-0.05, 0) is 83.5 Å². The van der Waals surface area contributed by atoms with Crippen LogP contribution in [0.25, 0.3) is 0 Å². The summed E-state index contributed by atoms with van der Waals surface area (Å²) in [4.78, 5) is 13.2. The largest absolute Gasteiger partial charge is 0.394 e. The number of hydrogen-bond acceptors (Lipinski definition) is 8. The zero-order valence-corrected chi connectivity index (χ0v) is 60.3. The summed E-state index contributed by atoms with van der Waals surface area (Å²) in [7, 11) is 0. The number of rotatable bonds is 70. The molecule has 1 heterocycles. The van der Waals surface area contributed by atoms with Crippen LogP contribution in [-0.4, -0.2) is 87.5 Å². The smallest absolute Gasteiger partial charge is 0.220 e. The van der Waals surface area contributed by atoms with Gasteiger partial charge in [-0.25, -0.2) is 0 Å². The molecule has 536 valence electrons. The van der Waals surface area contributed by atoms with Crippen LogP contribution in [-0.2, 0) is 14.3 Å². The lowest BCUT2D eigenvalue weighted by Gasteiger charge is -2.40. The van der Waals surface area contributed by atoms with Crippen molar-refractivity contribution in [1.29, 1.82) is 0 Å². The van der Waals surface area contributed by atoms with Crippen molar-refractivity contribution in [3.63, 3.8) is 0 Å². The highest BCUT2D eigenvalue weighted by Crippen LogP contribution is 2.24. The summed E-state index contributed by atoms with van der Waals surface area (Å²) in [6.07, 6.45) is 96.0. The first kappa shape index (κ1) is 87.4. The molecule has 7 atom stereocenters. The van der Waals surface area contributed by atoms with E-state index < -0.39 is 49.5 Å². The molecular weight excluding hydrogens is 1140 g/mol. The molecule has 0 saturated carbocycles. The Morgan fingerprint density at radius 1 is 0.380 bits per heavy atom. The summed E-state index contributed by atoms with van der Waals surface area (Å²) in [5, 5.41) is 54.9. The van der Waals surface area contributed by atoms with Crippen LogP contribution in [0.5, 0.6) is 0 Å². The van der Waals surface area contributed by atoms with E-state index in [1.807, 2.05) is 6.08 Å². The second kappa shape index (κ2) is 71.2. The standard InChI is InChI=1S/C83H151NO8/c1-3-5-7-9-11-13-15-17-19-21-23-25-27-29-31-33-35-37-38-39-40-41-43-45-47-49-51-53-55-57-59-61-63-65-67-69-71-73-79(87)84-76(75-91-83-82(90)81(89)80(88)78(74-85)92-83)77(86)72-70-68-66-64-62-60-58-56-54-52-50-48-46-44-42-36-34-32-30-28-26-24-22-20-18-16-14-12-10-8-6-4-2/h5,7,11,13,17,19,23,25,54,56,62,64,70,72,76-78,80-83,85-86,88-90H,3-4,6,8-10,12,14-16,18,20-22,24,26-53,55,57-61,63,65-69,71,73-75H2,1-2H3,(H,84,87)/b7-5-,13-11-,19-17-,25-23-,56-54+,64-62+,72-70+. The molecule has 1 aliphatic heterocycles. The number of nitrogens with one attached hydrogen (secondary N) is 1. The van der Waals surface area contributed by atoms with Gasteiger partial charge in [-0.15, -0.1) is 0 Å². The molecule has 1 amide bonds. The van der Waals surface area contributed by atoms with Gasteiger partial charge in [0.15, 0.2) is 6.29 Å². The average molecular weight is 1290 g/mol. The molecule has 0 bridgehead atoms. The Hall–Kier alpha value is -2.63. The van der Waals surface area contributed by atoms with Crippen molar-refractivity contribution >= 4 is 5.91 Å². The highest BCUT2D eigenvalue weighted by molar-refractivity contribution is 5.76. The van der Waals surface area contributed by atoms with Crippen molar-refractivity contribution in [3.8, 4) is 0 Å². The Bertz CT molecular complexity index is 1740. The molecule has 1 saturated heterocycles. The van der Waals surface area contributed by atoms with Crippen LogP contribution in [0.15, 0.2) is 85.1 Å². The average Bonchev–Trinajstić information content (AvgIpc) is 1.00. The van der Waals surface area contributed by atoms with Gasteiger partial charge in [0.25, 0.3) is 0 Å². The Kier molecular flexibility index (Phi) is 67.6. The number of unbranched alkanes of at least 4 members (excludes halogenated alkanes) is 48. The van der Waals surface area contributed by atoms with E-state index in [0.29, 0.717) is 6.42 Å². The predicted molar refractivity (Wildman–Crippen MR) is 396 cm³/mol. The quantitative estimate of drug-likeness (QED) is 0.0261. The normalized spacial score (nSPS) is 18.1. The van der Waals surface area contributed by atoms with Crippen LogP contribution in [0.4, 0.5) is 0 Å². The maximum absolute atomic E-state index is 13.2. The monoisotopic (exact) mass is 1290 g/mol. The van der Waals surface area contributed by atoms with E-state index in [-0.39, 0.29) is 12.5 Å². The Morgan fingerprint density at radius 3 is 1.04 bits per heavy atom. The van der Waals surface area contributed by atoms with Crippen molar-refractivity contribution < 1.29 is 39.8 Å². The van der Waals surface area contributed by atoms with Gasteiger partial charge in [-0.2, -0.15) is 0 Å². The van der Waals surface area contributed by atoms with E-state index in [0.717, 1.165) is 70.6 Å². The fraction of sp³-hybridized carbons (Fsp3) is 0.819. The third-order valence-electron chi connectivity index (χ3n) is 18.7. The maximum atomic E-state index is 13.2. The molecule has 0 spiro atoms. The summed E-state index contributed by atoms with van der Waals surface area (Å²) < 4.78 is 11.3. The van der Waals surface area contributed by atoms with Crippen LogP contribution in [0, 0.1) is 0 Å². The summed E-state index contributed by atoms with van der Waals surface area (Å²) >= 11 is 0. The van der Waals surface area contributed by atoms with Gasteiger partial charge in [-0.1, -0.05) is 375 Å². The van der Waals surface area contributed by atoms with Crippen molar-refractivity contribution in [3.05, 3.63) is 85.1 Å². The van der Waals surface area contributed by atoms with Crippen LogP contribution < -0.4 is 5.32 Å². The first-order valence-corrected chi connectivity index (χ1v) is 39.8. The molecule has 7 unspecified atom stereocenters. The Morgan fingerprint density at radius 2 is 0.685 bits per heavy atom. The predicted octanol–water partition coefficient (Wildman–Crippen LogP) is 22.8. The first-order chi connectivity index (χ1) is 45.3. The van der Waals surface area contributed by atoms with Gasteiger partial charge in [-0.3, -0.25) is 4.79 Å². The van der Waals surface area contributed by atoms with E-state index in [2.05, 4.69) is 92.1 Å². The second-order valence-corrected chi connectivity index (χ2v) is 27.5. The number of ether oxygens (including phenoxy) is 2. The molecule has 1 aliphatic rings. The lowest BCUT2D eigenvalue weighted by molar-refractivity contribution is -0.302. The molecule has 9 nitrogen and oxygen atoms in total. The summed E-state index contributed by atoms with van der Waals surface area (Å²) in [6.45, 7) is 3.69. The van der Waals surface area contributed by atoms with E-state index >= 15 is 0 Å². The van der Waals surface area contributed by atoms with Gasteiger partial charge in [0.2, 0.25) is 5.91 Å². The molecule has 92 heavy (non-hydrogen) atoms. The van der Waals surface area contributed by atoms with Crippen molar-refractivity contribution in [2.24, 2.45) is 0 Å². The lowest BCUT2D eigenvalue weighted by Crippen LogP contribution is -2.60. The van der Waals surface area contributed by atoms with Gasteiger partial charge >= 0.3 is 0 Å². The Balaban J connectivity index is 2.09. The molecule has 0 aromatic carbocycles. The van der Waals surface area contributed by atoms with Gasteiger partial charge in [0.1, 0.15) is 24.4 Å². The van der Waals surface area contributed by atoms with Gasteiger partial charge < -0.3 is 40.3 Å². The Labute approximate surface area is 569 Å². The maximum Gasteiger partial charge on any atom is 0.220 e. The van der Waals surface area contributed by atoms with E-state index in [4.69, 9.17) is 9.47 Å². The first-order valence-electron chi connectivity index (χ1n) is 39.8. The van der Waals surface area contributed by atoms with E-state index in [1.165, 1.54) is 289 Å². The summed E-state index contributed by atoms with van der Waals surface area (Å²) in [5.41, 5.74) is 0. The minimum atomic E-state index is -1.58. The number of aliphatic hydroxyl groups is 5. The molecule has 0 aromatic rings. The highest BCUT2D eigenvalue weighted by Gasteiger charge is 2.44. The minimum Gasteiger partial charge on any atom is -0.394 e. The van der Waals surface area contributed by atoms with Crippen LogP contribution in [0.3, 0.4) is 0 Å². The third kappa shape index (κ3) is 58.7. The van der Waals surface area contributed by atoms with Gasteiger partial charge in [0.05, 0.1) is 25.4 Å². The number of amides is 1. The second-order valence-electron chi connectivity index (χ2n) is 27.5. The summed E-state index contributed by atoms with van der Waals surface area (Å²) in [6, 6.07) is -0.832. The fourth-order valence-electron chi connectivity index (χ4n) is 12.5. The fourth-order valence-corrected chi connectivity index (χ4v) is 12.5. The summed E-state index contributed by atoms with van der Waals surface area (Å²) in [5.74, 6) is -0.185. The molecule has 1 rings (SSSR count). The molecular formula is C83H151NO8. The van der Waals surface area contributed by atoms with Crippen molar-refractivity contribution in [2.75, 3.05) is 13.2 Å². The number of carbonyl (C=O) groups excluding carboxylic acids is 1. The van der Waals surface area contributed by atoms with Crippen molar-refractivity contribution in [2.45, 2.75) is 423 Å². The molecule has 0 aliphatic carbocycles. The zero-order chi connectivity index (χ0) is 66.4. The highest BCUT2D eigenvalue weighted by atomic mass is 16.7. The SMILES string of the molecule is CC/C=C\C/C=C\C/C=C\C/C=C\CCCCCCCCCCCCCCCCCCCCCCCCCCC(=O)NC(COC1OC(CO)C(O)C(O)C1O)C(O)/C=C/CC/C=C/CC/C=C/CCCCCCCCCCCCCCCCCCCCCCCC. The third-order valence-corrected chi connectivity index (χ3v) is 18.7. The lowest BCUT2D eigenvalue weighted by atomic mass is 9.99. The molecule has 0 aromatic heterocycles. The minimum absolute atomic E-state index is 0.185. The molecule has 6 N–H and O–H groups in total.